The standard InChI is InChI=1S/C16H17ClN2O2/c1-12-10-13(11-15(17)18-12)16(20)19(2)8-9-21-14-6-4-3-5-7-14/h3-7,10-11H,8-9H2,1-2H3. The molecule has 0 spiro atoms. The van der Waals surface area contributed by atoms with Gasteiger partial charge in [0.05, 0.1) is 6.54 Å². The lowest BCUT2D eigenvalue weighted by Crippen LogP contribution is -2.31. The fraction of sp³-hybridized carbons (Fsp3) is 0.250. The van der Waals surface area contributed by atoms with Crippen LogP contribution in [0.2, 0.25) is 5.15 Å². The number of para-hydroxylation sites is 1. The van der Waals surface area contributed by atoms with E-state index < -0.39 is 0 Å². The molecule has 0 saturated carbocycles. The lowest BCUT2D eigenvalue weighted by Gasteiger charge is -2.18. The molecule has 110 valence electrons. The van der Waals surface area contributed by atoms with Crippen LogP contribution in [0.4, 0.5) is 0 Å². The first-order valence-electron chi connectivity index (χ1n) is 6.64. The summed E-state index contributed by atoms with van der Waals surface area (Å²) in [6, 6.07) is 12.8. The Morgan fingerprint density at radius 2 is 2.00 bits per heavy atom. The van der Waals surface area contributed by atoms with Crippen molar-refractivity contribution in [2.24, 2.45) is 0 Å². The molecule has 21 heavy (non-hydrogen) atoms. The zero-order valence-electron chi connectivity index (χ0n) is 12.0. The Morgan fingerprint density at radius 3 is 2.67 bits per heavy atom. The monoisotopic (exact) mass is 304 g/mol. The molecule has 0 saturated heterocycles. The highest BCUT2D eigenvalue weighted by Gasteiger charge is 2.13. The molecular formula is C16H17ClN2O2. The molecule has 0 N–H and O–H groups in total. The van der Waals surface area contributed by atoms with E-state index in [1.165, 1.54) is 0 Å². The van der Waals surface area contributed by atoms with Crippen LogP contribution in [0.15, 0.2) is 42.5 Å². The van der Waals surface area contributed by atoms with Crippen molar-refractivity contribution in [2.45, 2.75) is 6.92 Å². The minimum absolute atomic E-state index is 0.0981. The summed E-state index contributed by atoms with van der Waals surface area (Å²) in [5, 5.41) is 0.326. The smallest absolute Gasteiger partial charge is 0.253 e. The van der Waals surface area contributed by atoms with Crippen LogP contribution in [0.1, 0.15) is 16.1 Å². The number of halogens is 1. The second kappa shape index (κ2) is 7.09. The van der Waals surface area contributed by atoms with Crippen LogP contribution in [-0.2, 0) is 0 Å². The minimum atomic E-state index is -0.0981. The fourth-order valence-electron chi connectivity index (χ4n) is 1.89. The van der Waals surface area contributed by atoms with Gasteiger partial charge in [-0.1, -0.05) is 29.8 Å². The zero-order valence-corrected chi connectivity index (χ0v) is 12.8. The highest BCUT2D eigenvalue weighted by Crippen LogP contribution is 2.12. The number of hydrogen-bond acceptors (Lipinski definition) is 3. The van der Waals surface area contributed by atoms with Gasteiger partial charge in [-0.2, -0.15) is 0 Å². The van der Waals surface area contributed by atoms with Crippen molar-refractivity contribution < 1.29 is 9.53 Å². The van der Waals surface area contributed by atoms with Gasteiger partial charge in [0.15, 0.2) is 0 Å². The maximum Gasteiger partial charge on any atom is 0.253 e. The Hall–Kier alpha value is -2.07. The van der Waals surface area contributed by atoms with Crippen molar-refractivity contribution in [3.05, 3.63) is 58.9 Å². The van der Waals surface area contributed by atoms with Gasteiger partial charge < -0.3 is 9.64 Å². The predicted octanol–water partition coefficient (Wildman–Crippen LogP) is 3.19. The average Bonchev–Trinajstić information content (AvgIpc) is 2.46. The van der Waals surface area contributed by atoms with Crippen LogP contribution in [0, 0.1) is 6.92 Å². The van der Waals surface area contributed by atoms with Crippen LogP contribution in [0.5, 0.6) is 5.75 Å². The average molecular weight is 305 g/mol. The summed E-state index contributed by atoms with van der Waals surface area (Å²) in [6.07, 6.45) is 0. The molecule has 1 aromatic carbocycles. The van der Waals surface area contributed by atoms with E-state index >= 15 is 0 Å². The maximum atomic E-state index is 12.3. The van der Waals surface area contributed by atoms with Gasteiger partial charge in [-0.3, -0.25) is 4.79 Å². The van der Waals surface area contributed by atoms with Gasteiger partial charge in [0, 0.05) is 18.3 Å². The van der Waals surface area contributed by atoms with Crippen molar-refractivity contribution in [3.8, 4) is 5.75 Å². The Morgan fingerprint density at radius 1 is 1.29 bits per heavy atom. The largest absolute Gasteiger partial charge is 0.492 e. The van der Waals surface area contributed by atoms with Gasteiger partial charge in [-0.05, 0) is 31.2 Å². The number of carbonyl (C=O) groups is 1. The van der Waals surface area contributed by atoms with E-state index in [9.17, 15) is 4.79 Å². The third-order valence-corrected chi connectivity index (χ3v) is 3.15. The summed E-state index contributed by atoms with van der Waals surface area (Å²) >= 11 is 5.88. The number of amides is 1. The lowest BCUT2D eigenvalue weighted by atomic mass is 10.2. The molecule has 0 atom stereocenters. The topological polar surface area (TPSA) is 42.4 Å². The number of likely N-dealkylation sites (N-methyl/N-ethyl adjacent to an activating group) is 1. The second-order valence-electron chi connectivity index (χ2n) is 4.71. The third kappa shape index (κ3) is 4.46. The Kier molecular flexibility index (Phi) is 5.17. The van der Waals surface area contributed by atoms with E-state index in [2.05, 4.69) is 4.98 Å². The molecule has 0 aliphatic rings. The van der Waals surface area contributed by atoms with Crippen LogP contribution in [0.25, 0.3) is 0 Å². The summed E-state index contributed by atoms with van der Waals surface area (Å²) in [4.78, 5) is 17.9. The molecule has 1 heterocycles. The van der Waals surface area contributed by atoms with E-state index in [0.29, 0.717) is 23.9 Å². The summed E-state index contributed by atoms with van der Waals surface area (Å²) < 4.78 is 5.58. The molecule has 0 radical (unpaired) electrons. The number of ether oxygens (including phenoxy) is 1. The van der Waals surface area contributed by atoms with E-state index in [1.54, 1.807) is 31.0 Å². The number of hydrogen-bond donors (Lipinski definition) is 0. The predicted molar refractivity (Wildman–Crippen MR) is 82.9 cm³/mol. The summed E-state index contributed by atoms with van der Waals surface area (Å²) in [5.41, 5.74) is 1.26. The molecule has 0 fully saturated rings. The highest BCUT2D eigenvalue weighted by molar-refractivity contribution is 6.29. The molecule has 1 aromatic heterocycles. The molecule has 0 unspecified atom stereocenters. The molecule has 5 heteroatoms. The molecule has 0 aliphatic carbocycles. The van der Waals surface area contributed by atoms with E-state index in [1.807, 2.05) is 30.3 Å². The second-order valence-corrected chi connectivity index (χ2v) is 5.10. The number of nitrogens with zero attached hydrogens (tertiary/aromatic N) is 2. The minimum Gasteiger partial charge on any atom is -0.492 e. The number of aromatic nitrogens is 1. The van der Waals surface area contributed by atoms with Crippen LogP contribution in [-0.4, -0.2) is 36.0 Å². The van der Waals surface area contributed by atoms with E-state index in [-0.39, 0.29) is 5.91 Å². The number of rotatable bonds is 5. The van der Waals surface area contributed by atoms with Gasteiger partial charge in [-0.15, -0.1) is 0 Å². The first-order valence-corrected chi connectivity index (χ1v) is 7.01. The third-order valence-electron chi connectivity index (χ3n) is 2.95. The van der Waals surface area contributed by atoms with Gasteiger partial charge in [0.1, 0.15) is 17.5 Å². The van der Waals surface area contributed by atoms with Gasteiger partial charge in [0.2, 0.25) is 0 Å². The first kappa shape index (κ1) is 15.3. The maximum absolute atomic E-state index is 12.3. The van der Waals surface area contributed by atoms with Crippen molar-refractivity contribution in [1.29, 1.82) is 0 Å². The lowest BCUT2D eigenvalue weighted by molar-refractivity contribution is 0.0773. The van der Waals surface area contributed by atoms with E-state index in [0.717, 1.165) is 11.4 Å². The summed E-state index contributed by atoms with van der Waals surface area (Å²) in [6.45, 7) is 2.73. The van der Waals surface area contributed by atoms with Crippen molar-refractivity contribution in [3.63, 3.8) is 0 Å². The summed E-state index contributed by atoms with van der Waals surface area (Å²) in [5.74, 6) is 0.695. The Balaban J connectivity index is 1.90. The van der Waals surface area contributed by atoms with Gasteiger partial charge >= 0.3 is 0 Å². The molecule has 4 nitrogen and oxygen atoms in total. The quantitative estimate of drug-likeness (QED) is 0.797. The Labute approximate surface area is 129 Å². The van der Waals surface area contributed by atoms with Crippen LogP contribution in [0.3, 0.4) is 0 Å². The molecule has 0 aliphatic heterocycles. The zero-order chi connectivity index (χ0) is 15.2. The number of carbonyl (C=O) groups excluding carboxylic acids is 1. The van der Waals surface area contributed by atoms with Crippen LogP contribution >= 0.6 is 11.6 Å². The van der Waals surface area contributed by atoms with Gasteiger partial charge in [-0.25, -0.2) is 4.98 Å². The Bertz CT molecular complexity index is 597. The molecule has 0 bridgehead atoms. The fourth-order valence-corrected chi connectivity index (χ4v) is 2.14. The van der Waals surface area contributed by atoms with Gasteiger partial charge in [0.25, 0.3) is 5.91 Å². The van der Waals surface area contributed by atoms with Crippen molar-refractivity contribution >= 4 is 17.5 Å². The molecule has 2 aromatic rings. The molecule has 1 amide bonds. The number of aryl methyl sites for hydroxylation is 1. The number of benzene rings is 1. The van der Waals surface area contributed by atoms with Crippen molar-refractivity contribution in [2.75, 3.05) is 20.2 Å². The SMILES string of the molecule is Cc1cc(C(=O)N(C)CCOc2ccccc2)cc(Cl)n1. The highest BCUT2D eigenvalue weighted by atomic mass is 35.5. The van der Waals surface area contributed by atoms with E-state index in [4.69, 9.17) is 16.3 Å². The van der Waals surface area contributed by atoms with Crippen molar-refractivity contribution in [1.82, 2.24) is 9.88 Å². The van der Waals surface area contributed by atoms with Crippen LogP contribution < -0.4 is 4.74 Å². The normalized spacial score (nSPS) is 10.2. The number of pyridine rings is 1. The first-order chi connectivity index (χ1) is 10.1. The summed E-state index contributed by atoms with van der Waals surface area (Å²) in [7, 11) is 1.74. The molecule has 2 rings (SSSR count). The molecular weight excluding hydrogens is 288 g/mol.